The molecule has 3 aromatic carbocycles. The minimum Gasteiger partial charge on any atom is -0.493 e. The number of hydrogen-bond acceptors (Lipinski definition) is 7. The Morgan fingerprint density at radius 1 is 1.06 bits per heavy atom. The first-order chi connectivity index (χ1) is 16.0. The summed E-state index contributed by atoms with van der Waals surface area (Å²) in [5.74, 6) is 0.189. The molecule has 0 radical (unpaired) electrons. The van der Waals surface area contributed by atoms with Gasteiger partial charge in [0.05, 0.1) is 24.6 Å². The molecule has 0 bridgehead atoms. The molecule has 1 N–H and O–H groups in total. The topological polar surface area (TPSA) is 72.8 Å². The second-order valence-corrected chi connectivity index (χ2v) is 8.61. The molecule has 4 aromatic rings. The number of carbonyl (C=O) groups excluding carboxylic acids is 1. The Labute approximate surface area is 200 Å². The van der Waals surface area contributed by atoms with Crippen LogP contribution in [-0.4, -0.2) is 24.3 Å². The van der Waals surface area contributed by atoms with Crippen molar-refractivity contribution in [2.24, 2.45) is 5.10 Å². The molecule has 33 heavy (non-hydrogen) atoms. The molecule has 4 rings (SSSR count). The van der Waals surface area contributed by atoms with E-state index >= 15 is 0 Å². The van der Waals surface area contributed by atoms with Crippen molar-refractivity contribution < 1.29 is 14.3 Å². The summed E-state index contributed by atoms with van der Waals surface area (Å²) in [5, 5.41) is 5.43. The van der Waals surface area contributed by atoms with Gasteiger partial charge in [0.25, 0.3) is 0 Å². The van der Waals surface area contributed by atoms with E-state index in [0.717, 1.165) is 21.7 Å². The van der Waals surface area contributed by atoms with Crippen LogP contribution in [0.1, 0.15) is 20.8 Å². The van der Waals surface area contributed by atoms with Crippen molar-refractivity contribution in [3.05, 3.63) is 93.8 Å². The van der Waals surface area contributed by atoms with E-state index in [1.807, 2.05) is 37.3 Å². The number of aromatic nitrogens is 1. The van der Waals surface area contributed by atoms with Crippen LogP contribution in [0.25, 0.3) is 11.3 Å². The fraction of sp³-hybridized carbons (Fsp3) is 0.0800. The number of carbonyl (C=O) groups is 1. The summed E-state index contributed by atoms with van der Waals surface area (Å²) in [6.45, 7) is 2.03. The molecule has 0 spiro atoms. The average Bonchev–Trinajstić information content (AvgIpc) is 3.20. The van der Waals surface area contributed by atoms with Crippen LogP contribution in [0.5, 0.6) is 11.5 Å². The number of ether oxygens (including phenoxy) is 2. The maximum absolute atomic E-state index is 12.4. The van der Waals surface area contributed by atoms with E-state index in [-0.39, 0.29) is 0 Å². The Morgan fingerprint density at radius 3 is 2.64 bits per heavy atom. The second kappa shape index (κ2) is 10.3. The van der Waals surface area contributed by atoms with Crippen LogP contribution < -0.4 is 14.9 Å². The van der Waals surface area contributed by atoms with Crippen molar-refractivity contribution in [3.63, 3.8) is 0 Å². The Kier molecular flexibility index (Phi) is 7.02. The standard InChI is InChI=1S/C25H20ClN3O3S/c1-16-23(18-7-4-3-5-8-18)28-25(33-16)29-27-15-17-11-12-21(22(13-17)31-2)32-24(30)19-9-6-10-20(26)14-19/h3-15H,1-2H3,(H,28,29)/b27-15-. The Balaban J connectivity index is 1.44. The Hall–Kier alpha value is -3.68. The van der Waals surface area contributed by atoms with Gasteiger partial charge in [-0.2, -0.15) is 5.10 Å². The zero-order valence-corrected chi connectivity index (χ0v) is 19.5. The third-order valence-corrected chi connectivity index (χ3v) is 5.78. The molecule has 0 saturated heterocycles. The number of nitrogens with zero attached hydrogens (tertiary/aromatic N) is 2. The van der Waals surface area contributed by atoms with Gasteiger partial charge in [-0.25, -0.2) is 9.78 Å². The highest BCUT2D eigenvalue weighted by Crippen LogP contribution is 2.31. The summed E-state index contributed by atoms with van der Waals surface area (Å²) >= 11 is 7.48. The van der Waals surface area contributed by atoms with Crippen molar-refractivity contribution in [2.75, 3.05) is 12.5 Å². The number of methoxy groups -OCH3 is 1. The summed E-state index contributed by atoms with van der Waals surface area (Å²) in [6, 6.07) is 21.7. The SMILES string of the molecule is COc1cc(/C=N\Nc2nc(-c3ccccc3)c(C)s2)ccc1OC(=O)c1cccc(Cl)c1. The van der Waals surface area contributed by atoms with E-state index < -0.39 is 5.97 Å². The van der Waals surface area contributed by atoms with Gasteiger partial charge in [-0.15, -0.1) is 11.3 Å². The van der Waals surface area contributed by atoms with E-state index in [2.05, 4.69) is 15.5 Å². The van der Waals surface area contributed by atoms with Gasteiger partial charge in [-0.05, 0) is 48.9 Å². The number of esters is 1. The summed E-state index contributed by atoms with van der Waals surface area (Å²) in [5.41, 5.74) is 6.09. The number of rotatable bonds is 7. The third kappa shape index (κ3) is 5.58. The van der Waals surface area contributed by atoms with Gasteiger partial charge < -0.3 is 9.47 Å². The number of halogens is 1. The van der Waals surface area contributed by atoms with Gasteiger partial charge in [0.1, 0.15) is 0 Å². The third-order valence-electron chi connectivity index (χ3n) is 4.67. The number of anilines is 1. The van der Waals surface area contributed by atoms with Crippen molar-refractivity contribution in [1.29, 1.82) is 0 Å². The van der Waals surface area contributed by atoms with Gasteiger partial charge in [0.15, 0.2) is 11.5 Å². The molecule has 0 fully saturated rings. The smallest absolute Gasteiger partial charge is 0.343 e. The highest BCUT2D eigenvalue weighted by molar-refractivity contribution is 7.16. The van der Waals surface area contributed by atoms with Crippen molar-refractivity contribution >= 4 is 40.3 Å². The summed E-state index contributed by atoms with van der Waals surface area (Å²) in [4.78, 5) is 18.1. The lowest BCUT2D eigenvalue weighted by atomic mass is 10.1. The van der Waals surface area contributed by atoms with Crippen LogP contribution in [0.3, 0.4) is 0 Å². The van der Waals surface area contributed by atoms with Gasteiger partial charge in [-0.1, -0.05) is 48.0 Å². The molecule has 166 valence electrons. The fourth-order valence-electron chi connectivity index (χ4n) is 3.09. The quantitative estimate of drug-likeness (QED) is 0.143. The van der Waals surface area contributed by atoms with E-state index in [0.29, 0.717) is 27.2 Å². The lowest BCUT2D eigenvalue weighted by Gasteiger charge is -2.10. The number of hydrazone groups is 1. The normalized spacial score (nSPS) is 10.9. The van der Waals surface area contributed by atoms with E-state index in [1.165, 1.54) is 18.4 Å². The minimum atomic E-state index is -0.521. The highest BCUT2D eigenvalue weighted by Gasteiger charge is 2.13. The first-order valence-corrected chi connectivity index (χ1v) is 11.2. The van der Waals surface area contributed by atoms with Crippen LogP contribution in [0.15, 0.2) is 77.9 Å². The van der Waals surface area contributed by atoms with Gasteiger partial charge in [0.2, 0.25) is 5.13 Å². The predicted octanol–water partition coefficient (Wildman–Crippen LogP) is 6.45. The summed E-state index contributed by atoms with van der Waals surface area (Å²) < 4.78 is 10.9. The lowest BCUT2D eigenvalue weighted by molar-refractivity contribution is 0.0729. The fourth-order valence-corrected chi connectivity index (χ4v) is 4.07. The maximum atomic E-state index is 12.4. The van der Waals surface area contributed by atoms with E-state index in [9.17, 15) is 4.79 Å². The Morgan fingerprint density at radius 2 is 1.88 bits per heavy atom. The molecule has 0 saturated carbocycles. The van der Waals surface area contributed by atoms with E-state index in [4.69, 9.17) is 21.1 Å². The predicted molar refractivity (Wildman–Crippen MR) is 133 cm³/mol. The molecular weight excluding hydrogens is 458 g/mol. The molecule has 6 nitrogen and oxygen atoms in total. The van der Waals surface area contributed by atoms with Crippen molar-refractivity contribution in [1.82, 2.24) is 4.98 Å². The second-order valence-electron chi connectivity index (χ2n) is 6.97. The number of hydrogen-bond donors (Lipinski definition) is 1. The van der Waals surface area contributed by atoms with Gasteiger partial charge >= 0.3 is 5.97 Å². The van der Waals surface area contributed by atoms with Gasteiger partial charge in [0, 0.05) is 15.5 Å². The summed E-state index contributed by atoms with van der Waals surface area (Å²) in [6.07, 6.45) is 1.64. The molecule has 0 aliphatic heterocycles. The first kappa shape index (κ1) is 22.5. The van der Waals surface area contributed by atoms with Crippen LogP contribution in [0.2, 0.25) is 5.02 Å². The molecule has 1 heterocycles. The highest BCUT2D eigenvalue weighted by atomic mass is 35.5. The molecule has 0 unspecified atom stereocenters. The zero-order valence-electron chi connectivity index (χ0n) is 17.9. The van der Waals surface area contributed by atoms with Crippen molar-refractivity contribution in [3.8, 4) is 22.8 Å². The Bertz CT molecular complexity index is 1310. The van der Waals surface area contributed by atoms with Crippen LogP contribution in [-0.2, 0) is 0 Å². The minimum absolute atomic E-state index is 0.302. The molecule has 8 heteroatoms. The largest absolute Gasteiger partial charge is 0.493 e. The van der Waals surface area contributed by atoms with Crippen LogP contribution in [0, 0.1) is 6.92 Å². The average molecular weight is 478 g/mol. The maximum Gasteiger partial charge on any atom is 0.343 e. The molecular formula is C25H20ClN3O3S. The molecule has 0 aliphatic rings. The number of benzene rings is 3. The summed E-state index contributed by atoms with van der Waals surface area (Å²) in [7, 11) is 1.51. The first-order valence-electron chi connectivity index (χ1n) is 10.0. The molecule has 1 aromatic heterocycles. The van der Waals surface area contributed by atoms with Crippen LogP contribution in [0.4, 0.5) is 5.13 Å². The molecule has 0 amide bonds. The molecule has 0 atom stereocenters. The number of nitrogens with one attached hydrogen (secondary N) is 1. The number of aryl methyl sites for hydroxylation is 1. The van der Waals surface area contributed by atoms with Crippen LogP contribution >= 0.6 is 22.9 Å². The monoisotopic (exact) mass is 477 g/mol. The number of thiazole rings is 1. The van der Waals surface area contributed by atoms with E-state index in [1.54, 1.807) is 48.7 Å². The zero-order chi connectivity index (χ0) is 23.2. The molecule has 0 aliphatic carbocycles. The van der Waals surface area contributed by atoms with Gasteiger partial charge in [-0.3, -0.25) is 5.43 Å². The van der Waals surface area contributed by atoms with Crippen molar-refractivity contribution in [2.45, 2.75) is 6.92 Å². The lowest BCUT2D eigenvalue weighted by Crippen LogP contribution is -2.09.